The number of anilines is 1. The van der Waals surface area contributed by atoms with Crippen LogP contribution in [0.4, 0.5) is 5.69 Å². The average Bonchev–Trinajstić information content (AvgIpc) is 2.86. The predicted octanol–water partition coefficient (Wildman–Crippen LogP) is 1.99. The molecule has 1 aromatic heterocycles. The monoisotopic (exact) mass is 277 g/mol. The van der Waals surface area contributed by atoms with Crippen molar-refractivity contribution in [3.8, 4) is 5.75 Å². The Labute approximate surface area is 113 Å². The summed E-state index contributed by atoms with van der Waals surface area (Å²) in [6.45, 7) is 0.115. The van der Waals surface area contributed by atoms with E-state index < -0.39 is 11.9 Å². The molecule has 0 aliphatic heterocycles. The van der Waals surface area contributed by atoms with Crippen LogP contribution in [-0.4, -0.2) is 27.3 Å². The lowest BCUT2D eigenvalue weighted by Crippen LogP contribution is -2.02. The molecule has 4 N–H and O–H groups in total. The summed E-state index contributed by atoms with van der Waals surface area (Å²) in [6, 6.07) is 6.61. The van der Waals surface area contributed by atoms with Crippen molar-refractivity contribution in [3.05, 3.63) is 47.4 Å². The van der Waals surface area contributed by atoms with Gasteiger partial charge in [-0.05, 0) is 30.3 Å². The Balaban J connectivity index is 2.11. The summed E-state index contributed by atoms with van der Waals surface area (Å²) < 4.78 is 5.02. The first-order valence-electron chi connectivity index (χ1n) is 5.59. The molecule has 0 atom stereocenters. The van der Waals surface area contributed by atoms with Crippen LogP contribution in [0.2, 0.25) is 0 Å². The van der Waals surface area contributed by atoms with Gasteiger partial charge in [0.2, 0.25) is 5.76 Å². The number of rotatable bonds is 5. The van der Waals surface area contributed by atoms with Crippen molar-refractivity contribution in [1.29, 1.82) is 0 Å². The Morgan fingerprint density at radius 1 is 1.10 bits per heavy atom. The third-order valence-corrected chi connectivity index (χ3v) is 2.57. The van der Waals surface area contributed by atoms with E-state index in [0.717, 1.165) is 0 Å². The minimum atomic E-state index is -1.17. The van der Waals surface area contributed by atoms with Crippen molar-refractivity contribution in [3.63, 3.8) is 0 Å². The first-order chi connectivity index (χ1) is 9.47. The number of benzene rings is 1. The van der Waals surface area contributed by atoms with E-state index in [-0.39, 0.29) is 29.3 Å². The Morgan fingerprint density at radius 3 is 2.45 bits per heavy atom. The van der Waals surface area contributed by atoms with Crippen molar-refractivity contribution in [2.75, 3.05) is 5.32 Å². The van der Waals surface area contributed by atoms with Crippen molar-refractivity contribution in [2.45, 2.75) is 6.54 Å². The van der Waals surface area contributed by atoms with Gasteiger partial charge in [0.25, 0.3) is 0 Å². The lowest BCUT2D eigenvalue weighted by atomic mass is 10.2. The third kappa shape index (κ3) is 2.89. The van der Waals surface area contributed by atoms with Crippen LogP contribution in [0.5, 0.6) is 5.75 Å². The minimum absolute atomic E-state index is 0.0240. The quantitative estimate of drug-likeness (QED) is 0.617. The lowest BCUT2D eigenvalue weighted by molar-refractivity contribution is 0.0657. The number of nitrogens with one attached hydrogen (secondary N) is 1. The Hall–Kier alpha value is -2.96. The molecule has 2 rings (SSSR count). The molecule has 0 saturated carbocycles. The number of carboxylic acids is 2. The second kappa shape index (κ2) is 5.35. The fraction of sp³-hybridized carbons (Fsp3) is 0.0769. The van der Waals surface area contributed by atoms with Gasteiger partial charge in [-0.3, -0.25) is 0 Å². The molecule has 0 saturated heterocycles. The summed E-state index contributed by atoms with van der Waals surface area (Å²) in [5.74, 6) is -2.24. The highest BCUT2D eigenvalue weighted by Gasteiger charge is 2.11. The summed E-state index contributed by atoms with van der Waals surface area (Å²) in [5.41, 5.74) is 0.245. The number of furan rings is 1. The van der Waals surface area contributed by atoms with Crippen LogP contribution in [-0.2, 0) is 6.54 Å². The summed E-state index contributed by atoms with van der Waals surface area (Å²) in [4.78, 5) is 21.5. The van der Waals surface area contributed by atoms with E-state index in [9.17, 15) is 14.7 Å². The molecule has 0 aliphatic carbocycles. The maximum Gasteiger partial charge on any atom is 0.371 e. The minimum Gasteiger partial charge on any atom is -0.506 e. The van der Waals surface area contributed by atoms with Gasteiger partial charge in [0.15, 0.2) is 0 Å². The second-order valence-electron chi connectivity index (χ2n) is 3.96. The molecule has 1 aromatic carbocycles. The van der Waals surface area contributed by atoms with Crippen molar-refractivity contribution >= 4 is 17.6 Å². The molecule has 1 heterocycles. The summed E-state index contributed by atoms with van der Waals surface area (Å²) in [5, 5.41) is 29.9. The normalized spacial score (nSPS) is 10.2. The molecular formula is C13H11NO6. The molecule has 0 bridgehead atoms. The number of hydrogen-bond donors (Lipinski definition) is 4. The van der Waals surface area contributed by atoms with Crippen LogP contribution >= 0.6 is 0 Å². The summed E-state index contributed by atoms with van der Waals surface area (Å²) in [7, 11) is 0. The van der Waals surface area contributed by atoms with E-state index in [1.807, 2.05) is 0 Å². The number of carbonyl (C=O) groups is 2. The second-order valence-corrected chi connectivity index (χ2v) is 3.96. The molecule has 0 amide bonds. The van der Waals surface area contributed by atoms with Gasteiger partial charge in [-0.15, -0.1) is 0 Å². The number of phenols is 1. The Bertz CT molecular complexity index is 661. The molecule has 0 spiro atoms. The number of aromatic hydroxyl groups is 1. The fourth-order valence-electron chi connectivity index (χ4n) is 1.58. The molecule has 2 aromatic rings. The van der Waals surface area contributed by atoms with Crippen molar-refractivity contribution in [1.82, 2.24) is 0 Å². The van der Waals surface area contributed by atoms with Crippen LogP contribution in [0.3, 0.4) is 0 Å². The largest absolute Gasteiger partial charge is 0.506 e. The van der Waals surface area contributed by atoms with Gasteiger partial charge in [0, 0.05) is 0 Å². The highest BCUT2D eigenvalue weighted by molar-refractivity contribution is 5.89. The van der Waals surface area contributed by atoms with Crippen molar-refractivity contribution in [2.24, 2.45) is 0 Å². The van der Waals surface area contributed by atoms with Crippen molar-refractivity contribution < 1.29 is 29.3 Å². The van der Waals surface area contributed by atoms with Gasteiger partial charge >= 0.3 is 11.9 Å². The van der Waals surface area contributed by atoms with Gasteiger partial charge in [0.1, 0.15) is 11.5 Å². The van der Waals surface area contributed by atoms with E-state index in [2.05, 4.69) is 5.32 Å². The van der Waals surface area contributed by atoms with Crippen LogP contribution < -0.4 is 5.32 Å². The summed E-state index contributed by atoms with van der Waals surface area (Å²) in [6.07, 6.45) is 0. The van der Waals surface area contributed by atoms with Gasteiger partial charge in [-0.25, -0.2) is 9.59 Å². The number of aromatic carboxylic acids is 2. The third-order valence-electron chi connectivity index (χ3n) is 2.57. The van der Waals surface area contributed by atoms with E-state index in [1.165, 1.54) is 30.3 Å². The Morgan fingerprint density at radius 2 is 1.85 bits per heavy atom. The topological polar surface area (TPSA) is 120 Å². The van der Waals surface area contributed by atoms with Gasteiger partial charge in [0.05, 0.1) is 17.8 Å². The first kappa shape index (κ1) is 13.5. The molecule has 104 valence electrons. The highest BCUT2D eigenvalue weighted by Crippen LogP contribution is 2.25. The maximum atomic E-state index is 10.8. The zero-order chi connectivity index (χ0) is 14.7. The molecule has 0 aliphatic rings. The standard InChI is InChI=1S/C13H11NO6/c15-10-3-1-7(12(16)17)5-9(10)14-6-8-2-4-11(20-8)13(18)19/h1-5,14-15H,6H2,(H,16,17)(H,18,19). The SMILES string of the molecule is O=C(O)c1ccc(O)c(NCc2ccc(C(=O)O)o2)c1. The molecular weight excluding hydrogens is 266 g/mol. The number of hydrogen-bond acceptors (Lipinski definition) is 5. The first-order valence-corrected chi connectivity index (χ1v) is 5.59. The maximum absolute atomic E-state index is 10.8. The smallest absolute Gasteiger partial charge is 0.371 e. The summed E-state index contributed by atoms with van der Waals surface area (Å²) >= 11 is 0. The lowest BCUT2D eigenvalue weighted by Gasteiger charge is -2.07. The molecule has 20 heavy (non-hydrogen) atoms. The number of phenolic OH excluding ortho intramolecular Hbond substituents is 1. The van der Waals surface area contributed by atoms with Crippen LogP contribution in [0.25, 0.3) is 0 Å². The molecule has 0 radical (unpaired) electrons. The fourth-order valence-corrected chi connectivity index (χ4v) is 1.58. The zero-order valence-electron chi connectivity index (χ0n) is 10.2. The van der Waals surface area contributed by atoms with Gasteiger partial charge in [-0.2, -0.15) is 0 Å². The average molecular weight is 277 g/mol. The van der Waals surface area contributed by atoms with Crippen LogP contribution in [0.15, 0.2) is 34.7 Å². The molecule has 7 heteroatoms. The van der Waals surface area contributed by atoms with E-state index in [1.54, 1.807) is 0 Å². The Kier molecular flexibility index (Phi) is 3.60. The van der Waals surface area contributed by atoms with Gasteiger partial charge in [-0.1, -0.05) is 0 Å². The molecule has 0 fully saturated rings. The van der Waals surface area contributed by atoms with E-state index in [0.29, 0.717) is 5.76 Å². The predicted molar refractivity (Wildman–Crippen MR) is 68.1 cm³/mol. The van der Waals surface area contributed by atoms with E-state index in [4.69, 9.17) is 14.6 Å². The van der Waals surface area contributed by atoms with E-state index >= 15 is 0 Å². The van der Waals surface area contributed by atoms with Gasteiger partial charge < -0.3 is 25.1 Å². The number of carboxylic acid groups (broad SMARTS) is 2. The van der Waals surface area contributed by atoms with Crippen LogP contribution in [0, 0.1) is 0 Å². The zero-order valence-corrected chi connectivity index (χ0v) is 10.2. The highest BCUT2D eigenvalue weighted by atomic mass is 16.4. The van der Waals surface area contributed by atoms with Crippen LogP contribution in [0.1, 0.15) is 26.7 Å². The molecule has 7 nitrogen and oxygen atoms in total. The molecule has 0 unspecified atom stereocenters.